The van der Waals surface area contributed by atoms with Crippen molar-refractivity contribution in [2.75, 3.05) is 0 Å². The molecule has 0 bridgehead atoms. The maximum atomic E-state index is 11.9. The molecule has 0 spiro atoms. The van der Waals surface area contributed by atoms with Crippen molar-refractivity contribution in [2.45, 2.75) is 109 Å². The molecule has 7 atom stereocenters. The van der Waals surface area contributed by atoms with Crippen molar-refractivity contribution in [3.8, 4) is 0 Å². The molecule has 0 radical (unpaired) electrons. The summed E-state index contributed by atoms with van der Waals surface area (Å²) in [5.41, 5.74) is 2.08. The third-order valence-electron chi connectivity index (χ3n) is 8.63. The lowest BCUT2D eigenvalue weighted by molar-refractivity contribution is -0.121. The summed E-state index contributed by atoms with van der Waals surface area (Å²) in [5.74, 6) is 0.837. The van der Waals surface area contributed by atoms with Crippen LogP contribution in [0.1, 0.15) is 85.5 Å². The van der Waals surface area contributed by atoms with Crippen molar-refractivity contribution >= 4 is 0 Å². The molecule has 0 aromatic rings. The monoisotopic (exact) mass is 432 g/mol. The van der Waals surface area contributed by atoms with Gasteiger partial charge in [-0.05, 0) is 80.3 Å². The SMILES string of the molecule is C=C1/C(=C\C=C2/CCC[C@@]3(C)[C@H]2CC[C@]3(O)[C@@H](C)CC(O)CC(C)C)C[C@H](O)C[C@H]1O. The van der Waals surface area contributed by atoms with Gasteiger partial charge in [0, 0.05) is 11.8 Å². The predicted molar refractivity (Wildman–Crippen MR) is 125 cm³/mol. The molecule has 0 heterocycles. The van der Waals surface area contributed by atoms with E-state index in [0.717, 1.165) is 49.7 Å². The van der Waals surface area contributed by atoms with Crippen LogP contribution < -0.4 is 0 Å². The van der Waals surface area contributed by atoms with E-state index < -0.39 is 17.8 Å². The van der Waals surface area contributed by atoms with Crippen LogP contribution in [-0.2, 0) is 0 Å². The molecule has 0 aromatic carbocycles. The van der Waals surface area contributed by atoms with Crippen LogP contribution in [0.15, 0.2) is 35.5 Å². The molecule has 0 saturated heterocycles. The number of allylic oxidation sites excluding steroid dienone is 3. The highest BCUT2D eigenvalue weighted by Gasteiger charge is 2.60. The molecule has 1 unspecified atom stereocenters. The first-order valence-corrected chi connectivity index (χ1v) is 12.3. The standard InChI is InChI=1S/C27H44O4/c1-17(2)13-22(28)14-18(3)27(31)12-10-24-20(7-6-11-26(24,27)5)8-9-21-15-23(29)16-25(30)19(21)4/h8-9,17-18,22-25,28-31H,4,6-7,10-16H2,1-3,5H3/b20-8+,21-9-/t18-,22?,23-,24-,25+,26-,27-/m0/s1. The first kappa shape index (κ1) is 24.7. The van der Waals surface area contributed by atoms with Crippen LogP contribution in [0.5, 0.6) is 0 Å². The first-order valence-electron chi connectivity index (χ1n) is 12.3. The van der Waals surface area contributed by atoms with Gasteiger partial charge in [-0.25, -0.2) is 0 Å². The molecule has 176 valence electrons. The van der Waals surface area contributed by atoms with Gasteiger partial charge in [0.15, 0.2) is 0 Å². The summed E-state index contributed by atoms with van der Waals surface area (Å²) in [7, 11) is 0. The fourth-order valence-electron chi connectivity index (χ4n) is 6.81. The minimum Gasteiger partial charge on any atom is -0.393 e. The van der Waals surface area contributed by atoms with E-state index in [0.29, 0.717) is 31.1 Å². The van der Waals surface area contributed by atoms with Crippen LogP contribution >= 0.6 is 0 Å². The molecular weight excluding hydrogens is 388 g/mol. The summed E-state index contributed by atoms with van der Waals surface area (Å²) in [6, 6.07) is 0. The Hall–Kier alpha value is -0.940. The lowest BCUT2D eigenvalue weighted by atomic mass is 9.58. The molecule has 0 aliphatic heterocycles. The minimum atomic E-state index is -0.761. The highest BCUT2D eigenvalue weighted by Crippen LogP contribution is 2.62. The molecule has 3 fully saturated rings. The van der Waals surface area contributed by atoms with E-state index in [9.17, 15) is 20.4 Å². The number of hydrogen-bond donors (Lipinski definition) is 4. The van der Waals surface area contributed by atoms with Crippen LogP contribution in [-0.4, -0.2) is 44.3 Å². The van der Waals surface area contributed by atoms with Crippen molar-refractivity contribution in [1.29, 1.82) is 0 Å². The lowest BCUT2D eigenvalue weighted by Crippen LogP contribution is -2.51. The second-order valence-electron chi connectivity index (χ2n) is 11.3. The van der Waals surface area contributed by atoms with Gasteiger partial charge in [-0.1, -0.05) is 52.0 Å². The Balaban J connectivity index is 1.79. The van der Waals surface area contributed by atoms with Crippen LogP contribution in [0.3, 0.4) is 0 Å². The van der Waals surface area contributed by atoms with Gasteiger partial charge >= 0.3 is 0 Å². The second kappa shape index (κ2) is 9.51. The third kappa shape index (κ3) is 4.88. The van der Waals surface area contributed by atoms with Gasteiger partial charge in [0.05, 0.1) is 23.9 Å². The maximum absolute atomic E-state index is 11.9. The Kier molecular flexibility index (Phi) is 7.57. The largest absolute Gasteiger partial charge is 0.393 e. The molecule has 4 nitrogen and oxygen atoms in total. The highest BCUT2D eigenvalue weighted by molar-refractivity contribution is 5.39. The van der Waals surface area contributed by atoms with Crippen LogP contribution in [0.4, 0.5) is 0 Å². The Morgan fingerprint density at radius 1 is 1.13 bits per heavy atom. The fraction of sp³-hybridized carbons (Fsp3) is 0.778. The van der Waals surface area contributed by atoms with Gasteiger partial charge in [0.2, 0.25) is 0 Å². The molecule has 3 rings (SSSR count). The zero-order valence-corrected chi connectivity index (χ0v) is 20.0. The number of rotatable bonds is 6. The van der Waals surface area contributed by atoms with Gasteiger partial charge in [0.1, 0.15) is 0 Å². The number of fused-ring (bicyclic) bond motifs is 1. The van der Waals surface area contributed by atoms with E-state index in [1.165, 1.54) is 5.57 Å². The van der Waals surface area contributed by atoms with Gasteiger partial charge in [-0.2, -0.15) is 0 Å². The Morgan fingerprint density at radius 3 is 2.52 bits per heavy atom. The summed E-state index contributed by atoms with van der Waals surface area (Å²) in [5, 5.41) is 42.6. The average molecular weight is 433 g/mol. The topological polar surface area (TPSA) is 80.9 Å². The quantitative estimate of drug-likeness (QED) is 0.491. The van der Waals surface area contributed by atoms with E-state index >= 15 is 0 Å². The summed E-state index contributed by atoms with van der Waals surface area (Å²) >= 11 is 0. The molecule has 4 heteroatoms. The zero-order valence-electron chi connectivity index (χ0n) is 20.0. The van der Waals surface area contributed by atoms with Gasteiger partial charge in [-0.3, -0.25) is 0 Å². The number of aliphatic hydroxyl groups is 4. The van der Waals surface area contributed by atoms with Gasteiger partial charge in [0.25, 0.3) is 0 Å². The van der Waals surface area contributed by atoms with E-state index in [2.05, 4.69) is 40.3 Å². The van der Waals surface area contributed by atoms with E-state index in [1.54, 1.807) is 0 Å². The summed E-state index contributed by atoms with van der Waals surface area (Å²) in [6.07, 6.45) is 9.85. The smallest absolute Gasteiger partial charge is 0.0811 e. The first-order chi connectivity index (χ1) is 14.5. The molecule has 0 amide bonds. The van der Waals surface area contributed by atoms with Crippen molar-refractivity contribution in [2.24, 2.45) is 23.2 Å². The fourth-order valence-corrected chi connectivity index (χ4v) is 6.81. The predicted octanol–water partition coefficient (Wildman–Crippen LogP) is 4.68. The molecule has 3 aliphatic rings. The molecule has 0 aromatic heterocycles. The van der Waals surface area contributed by atoms with Crippen LogP contribution in [0, 0.1) is 23.2 Å². The lowest BCUT2D eigenvalue weighted by Gasteiger charge is -2.50. The van der Waals surface area contributed by atoms with Crippen LogP contribution in [0.25, 0.3) is 0 Å². The summed E-state index contributed by atoms with van der Waals surface area (Å²) < 4.78 is 0. The van der Waals surface area contributed by atoms with Crippen molar-refractivity contribution in [3.05, 3.63) is 35.5 Å². The highest BCUT2D eigenvalue weighted by atomic mass is 16.3. The Morgan fingerprint density at radius 2 is 1.84 bits per heavy atom. The van der Waals surface area contributed by atoms with Crippen molar-refractivity contribution < 1.29 is 20.4 Å². The normalized spacial score (nSPS) is 41.1. The van der Waals surface area contributed by atoms with Crippen molar-refractivity contribution in [3.63, 3.8) is 0 Å². The Labute approximate surface area is 188 Å². The Bertz CT molecular complexity index is 723. The molecule has 3 aliphatic carbocycles. The number of aliphatic hydroxyl groups excluding tert-OH is 3. The van der Waals surface area contributed by atoms with Crippen molar-refractivity contribution in [1.82, 2.24) is 0 Å². The molecule has 4 N–H and O–H groups in total. The van der Waals surface area contributed by atoms with Gasteiger partial charge < -0.3 is 20.4 Å². The van der Waals surface area contributed by atoms with E-state index in [4.69, 9.17) is 0 Å². The minimum absolute atomic E-state index is 0.0531. The van der Waals surface area contributed by atoms with Gasteiger partial charge in [-0.15, -0.1) is 0 Å². The maximum Gasteiger partial charge on any atom is 0.0811 e. The zero-order chi connectivity index (χ0) is 23.0. The summed E-state index contributed by atoms with van der Waals surface area (Å²) in [4.78, 5) is 0. The molecule has 31 heavy (non-hydrogen) atoms. The van der Waals surface area contributed by atoms with E-state index in [1.807, 2.05) is 6.08 Å². The molecule has 3 saturated carbocycles. The second-order valence-corrected chi connectivity index (χ2v) is 11.3. The number of hydrogen-bond acceptors (Lipinski definition) is 4. The van der Waals surface area contributed by atoms with Crippen LogP contribution in [0.2, 0.25) is 0 Å². The average Bonchev–Trinajstić information content (AvgIpc) is 2.95. The third-order valence-corrected chi connectivity index (χ3v) is 8.63. The summed E-state index contributed by atoms with van der Waals surface area (Å²) in [6.45, 7) is 12.6. The molecular formula is C27H44O4. The van der Waals surface area contributed by atoms with E-state index in [-0.39, 0.29) is 17.4 Å².